The zero-order chi connectivity index (χ0) is 23.5. The first-order valence-corrected chi connectivity index (χ1v) is 12.0. The molecule has 0 radical (unpaired) electrons. The Balaban J connectivity index is 1.60. The van der Waals surface area contributed by atoms with Crippen LogP contribution in [0.5, 0.6) is 5.75 Å². The summed E-state index contributed by atoms with van der Waals surface area (Å²) in [6, 6.07) is 17.5. The Bertz CT molecular complexity index is 1310. The monoisotopic (exact) mass is 458 g/mol. The Hall–Kier alpha value is -3.52. The van der Waals surface area contributed by atoms with Crippen molar-refractivity contribution in [1.29, 1.82) is 0 Å². The lowest BCUT2D eigenvalue weighted by Crippen LogP contribution is -2.40. The quantitative estimate of drug-likeness (QED) is 0.453. The van der Waals surface area contributed by atoms with E-state index in [1.807, 2.05) is 54.1 Å². The maximum atomic E-state index is 13.4. The lowest BCUT2D eigenvalue weighted by Gasteiger charge is -2.35. The van der Waals surface area contributed by atoms with Gasteiger partial charge in [0.2, 0.25) is 0 Å². The van der Waals surface area contributed by atoms with Gasteiger partial charge in [-0.1, -0.05) is 37.3 Å². The largest absolute Gasteiger partial charge is 0.494 e. The van der Waals surface area contributed by atoms with Crippen molar-refractivity contribution in [3.8, 4) is 5.75 Å². The molecule has 1 aliphatic heterocycles. The van der Waals surface area contributed by atoms with E-state index in [4.69, 9.17) is 4.74 Å². The number of fused-ring (bicyclic) bond motifs is 1. The van der Waals surface area contributed by atoms with Crippen molar-refractivity contribution in [1.82, 2.24) is 30.1 Å². The highest BCUT2D eigenvalue weighted by Gasteiger charge is 2.32. The van der Waals surface area contributed by atoms with Gasteiger partial charge >= 0.3 is 0 Å². The molecule has 176 valence electrons. The molecule has 0 saturated carbocycles. The fourth-order valence-electron chi connectivity index (χ4n) is 4.72. The van der Waals surface area contributed by atoms with Crippen LogP contribution in [0.1, 0.15) is 49.7 Å². The Labute approximate surface area is 198 Å². The van der Waals surface area contributed by atoms with Crippen LogP contribution in [-0.4, -0.2) is 49.8 Å². The number of nitrogens with one attached hydrogen (secondary N) is 1. The van der Waals surface area contributed by atoms with Crippen LogP contribution in [0.3, 0.4) is 0 Å². The molecule has 34 heavy (non-hydrogen) atoms. The number of nitrogens with zero attached hydrogens (tertiary/aromatic N) is 5. The number of H-pyrrole nitrogens is 1. The van der Waals surface area contributed by atoms with E-state index in [1.165, 1.54) is 0 Å². The van der Waals surface area contributed by atoms with Gasteiger partial charge in [-0.15, -0.1) is 5.10 Å². The third-order valence-corrected chi connectivity index (χ3v) is 6.61. The standard InChI is InChI=1S/C26H30N6O2/c1-3-34-21-9-10-23-20(15-21)16-22(26(33)27-23)24(31-13-11-18(2)12-14-31)25-28-29-30-32(25)17-19-7-5-4-6-8-19/h4-10,15-16,18,24H,3,11-14,17H2,1-2H3,(H,27,33)/t24-/m0/s1. The molecule has 4 aromatic rings. The molecule has 0 unspecified atom stereocenters. The maximum Gasteiger partial charge on any atom is 0.253 e. The summed E-state index contributed by atoms with van der Waals surface area (Å²) >= 11 is 0. The molecule has 0 spiro atoms. The van der Waals surface area contributed by atoms with Crippen LogP contribution in [0.4, 0.5) is 0 Å². The summed E-state index contributed by atoms with van der Waals surface area (Å²) in [6.07, 6.45) is 2.16. The van der Waals surface area contributed by atoms with Gasteiger partial charge in [-0.25, -0.2) is 4.68 Å². The normalized spacial score (nSPS) is 16.1. The highest BCUT2D eigenvalue weighted by molar-refractivity contribution is 5.80. The van der Waals surface area contributed by atoms with Crippen LogP contribution in [-0.2, 0) is 6.54 Å². The van der Waals surface area contributed by atoms with Gasteiger partial charge in [0.25, 0.3) is 5.56 Å². The zero-order valence-corrected chi connectivity index (χ0v) is 19.6. The number of aromatic nitrogens is 5. The number of hydrogen-bond acceptors (Lipinski definition) is 6. The summed E-state index contributed by atoms with van der Waals surface area (Å²) in [4.78, 5) is 18.8. The van der Waals surface area contributed by atoms with Crippen molar-refractivity contribution in [2.24, 2.45) is 5.92 Å². The molecule has 0 aliphatic carbocycles. The van der Waals surface area contributed by atoms with Crippen LogP contribution >= 0.6 is 0 Å². The Kier molecular flexibility index (Phi) is 6.40. The van der Waals surface area contributed by atoms with Crippen molar-refractivity contribution in [3.63, 3.8) is 0 Å². The van der Waals surface area contributed by atoms with Gasteiger partial charge in [-0.3, -0.25) is 9.69 Å². The van der Waals surface area contributed by atoms with E-state index in [-0.39, 0.29) is 11.6 Å². The number of hydrogen-bond donors (Lipinski definition) is 1. The van der Waals surface area contributed by atoms with Gasteiger partial charge in [0.05, 0.1) is 13.2 Å². The van der Waals surface area contributed by atoms with Crippen molar-refractivity contribution >= 4 is 10.9 Å². The molecule has 1 atom stereocenters. The lowest BCUT2D eigenvalue weighted by atomic mass is 9.95. The highest BCUT2D eigenvalue weighted by atomic mass is 16.5. The van der Waals surface area contributed by atoms with Crippen molar-refractivity contribution in [2.45, 2.75) is 39.3 Å². The minimum absolute atomic E-state index is 0.116. The van der Waals surface area contributed by atoms with Crippen LogP contribution < -0.4 is 10.3 Å². The second-order valence-electron chi connectivity index (χ2n) is 9.04. The molecule has 8 heteroatoms. The minimum atomic E-state index is -0.338. The Morgan fingerprint density at radius 1 is 1.12 bits per heavy atom. The number of pyridine rings is 1. The van der Waals surface area contributed by atoms with Crippen LogP contribution in [0, 0.1) is 5.92 Å². The molecule has 3 heterocycles. The van der Waals surface area contributed by atoms with E-state index in [2.05, 4.69) is 44.5 Å². The molecule has 1 saturated heterocycles. The summed E-state index contributed by atoms with van der Waals surface area (Å²) in [5.41, 5.74) is 2.43. The van der Waals surface area contributed by atoms with E-state index < -0.39 is 0 Å². The summed E-state index contributed by atoms with van der Waals surface area (Å²) in [6.45, 7) is 7.15. The molecule has 1 N–H and O–H groups in total. The van der Waals surface area contributed by atoms with Gasteiger partial charge in [-0.05, 0) is 79.0 Å². The van der Waals surface area contributed by atoms with Gasteiger partial charge < -0.3 is 9.72 Å². The molecular formula is C26H30N6O2. The van der Waals surface area contributed by atoms with Crippen LogP contribution in [0.2, 0.25) is 0 Å². The summed E-state index contributed by atoms with van der Waals surface area (Å²) < 4.78 is 7.51. The van der Waals surface area contributed by atoms with E-state index in [0.717, 1.165) is 48.1 Å². The number of benzene rings is 2. The van der Waals surface area contributed by atoms with Gasteiger partial charge in [0.15, 0.2) is 5.82 Å². The summed E-state index contributed by atoms with van der Waals surface area (Å²) in [5.74, 6) is 2.13. The topological polar surface area (TPSA) is 88.9 Å². The molecule has 0 amide bonds. The van der Waals surface area contributed by atoms with Crippen molar-refractivity contribution in [3.05, 3.63) is 81.9 Å². The SMILES string of the molecule is CCOc1ccc2[nH]c(=O)c([C@@H](c3nnnn3Cc3ccccc3)N3CCC(C)CC3)cc2c1. The number of ether oxygens (including phenoxy) is 1. The van der Waals surface area contributed by atoms with Crippen LogP contribution in [0.15, 0.2) is 59.4 Å². The molecule has 8 nitrogen and oxygen atoms in total. The molecule has 1 aliphatic rings. The second kappa shape index (κ2) is 9.77. The number of rotatable bonds is 7. The Morgan fingerprint density at radius 2 is 1.91 bits per heavy atom. The van der Waals surface area contributed by atoms with Gasteiger partial charge in [0, 0.05) is 16.5 Å². The minimum Gasteiger partial charge on any atom is -0.494 e. The first-order chi connectivity index (χ1) is 16.6. The summed E-state index contributed by atoms with van der Waals surface area (Å²) in [7, 11) is 0. The average molecular weight is 459 g/mol. The number of tetrazole rings is 1. The lowest BCUT2D eigenvalue weighted by molar-refractivity contribution is 0.149. The molecule has 5 rings (SSSR count). The predicted molar refractivity (Wildman–Crippen MR) is 131 cm³/mol. The molecule has 2 aromatic carbocycles. The third-order valence-electron chi connectivity index (χ3n) is 6.61. The highest BCUT2D eigenvalue weighted by Crippen LogP contribution is 2.31. The van der Waals surface area contributed by atoms with Crippen molar-refractivity contribution in [2.75, 3.05) is 19.7 Å². The smallest absolute Gasteiger partial charge is 0.253 e. The predicted octanol–water partition coefficient (Wildman–Crippen LogP) is 3.78. The van der Waals surface area contributed by atoms with Gasteiger partial charge in [-0.2, -0.15) is 0 Å². The van der Waals surface area contributed by atoms with Crippen molar-refractivity contribution < 1.29 is 4.74 Å². The number of likely N-dealkylation sites (tertiary alicyclic amines) is 1. The van der Waals surface area contributed by atoms with E-state index >= 15 is 0 Å². The molecular weight excluding hydrogens is 428 g/mol. The second-order valence-corrected chi connectivity index (χ2v) is 9.04. The maximum absolute atomic E-state index is 13.4. The first-order valence-electron chi connectivity index (χ1n) is 12.0. The molecule has 0 bridgehead atoms. The van der Waals surface area contributed by atoms with Gasteiger partial charge in [0.1, 0.15) is 11.8 Å². The average Bonchev–Trinajstić information content (AvgIpc) is 3.29. The van der Waals surface area contributed by atoms with E-state index in [0.29, 0.717) is 30.5 Å². The molecule has 2 aromatic heterocycles. The van der Waals surface area contributed by atoms with Crippen LogP contribution in [0.25, 0.3) is 10.9 Å². The molecule has 1 fully saturated rings. The van der Waals surface area contributed by atoms with E-state index in [1.54, 1.807) is 0 Å². The van der Waals surface area contributed by atoms with E-state index in [9.17, 15) is 4.79 Å². The third kappa shape index (κ3) is 4.59. The number of aromatic amines is 1. The first kappa shape index (κ1) is 22.3. The summed E-state index contributed by atoms with van der Waals surface area (Å²) in [5, 5.41) is 13.7. The Morgan fingerprint density at radius 3 is 2.68 bits per heavy atom. The fourth-order valence-corrected chi connectivity index (χ4v) is 4.72. The zero-order valence-electron chi connectivity index (χ0n) is 19.6. The fraction of sp³-hybridized carbons (Fsp3) is 0.385. The number of piperidine rings is 1.